The zero-order valence-electron chi connectivity index (χ0n) is 12.5. The van der Waals surface area contributed by atoms with Gasteiger partial charge in [0.05, 0.1) is 6.10 Å². The van der Waals surface area contributed by atoms with E-state index in [1.165, 1.54) is 4.31 Å². The summed E-state index contributed by atoms with van der Waals surface area (Å²) in [6.07, 6.45) is 2.76. The lowest BCUT2D eigenvalue weighted by Crippen LogP contribution is -2.48. The summed E-state index contributed by atoms with van der Waals surface area (Å²) in [5.41, 5.74) is 0.955. The zero-order chi connectivity index (χ0) is 15.1. The highest BCUT2D eigenvalue weighted by Crippen LogP contribution is 2.16. The van der Waals surface area contributed by atoms with Crippen molar-refractivity contribution in [2.24, 2.45) is 0 Å². The van der Waals surface area contributed by atoms with Crippen molar-refractivity contribution in [3.8, 4) is 0 Å². The maximum Gasteiger partial charge on any atom is 0.279 e. The maximum atomic E-state index is 12.3. The van der Waals surface area contributed by atoms with Crippen LogP contribution in [0, 0.1) is 0 Å². The van der Waals surface area contributed by atoms with Crippen molar-refractivity contribution in [1.82, 2.24) is 9.03 Å². The molecule has 1 N–H and O–H groups in total. The van der Waals surface area contributed by atoms with Gasteiger partial charge >= 0.3 is 0 Å². The first-order valence-electron chi connectivity index (χ1n) is 7.52. The molecule has 0 aliphatic carbocycles. The molecule has 1 saturated heterocycles. The van der Waals surface area contributed by atoms with Crippen LogP contribution in [-0.2, 0) is 21.5 Å². The van der Waals surface area contributed by atoms with E-state index in [9.17, 15) is 8.42 Å². The Bertz CT molecular complexity index is 519. The second-order valence-electron chi connectivity index (χ2n) is 5.30. The fraction of sp³-hybridized carbons (Fsp3) is 0.600. The molecule has 21 heavy (non-hydrogen) atoms. The summed E-state index contributed by atoms with van der Waals surface area (Å²) in [5.74, 6) is 0. The van der Waals surface area contributed by atoms with Crippen molar-refractivity contribution in [3.05, 3.63) is 35.9 Å². The molecule has 5 nitrogen and oxygen atoms in total. The average Bonchev–Trinajstić information content (AvgIpc) is 2.52. The summed E-state index contributed by atoms with van der Waals surface area (Å²) in [6.45, 7) is 4.08. The van der Waals surface area contributed by atoms with Gasteiger partial charge in [-0.25, -0.2) is 0 Å². The number of nitrogens with zero attached hydrogens (tertiary/aromatic N) is 1. The molecule has 0 amide bonds. The first-order chi connectivity index (χ1) is 10.1. The summed E-state index contributed by atoms with van der Waals surface area (Å²) in [7, 11) is -3.44. The lowest BCUT2D eigenvalue weighted by atomic mass is 10.1. The van der Waals surface area contributed by atoms with Crippen LogP contribution in [0.5, 0.6) is 0 Å². The molecule has 1 heterocycles. The Morgan fingerprint density at radius 3 is 2.81 bits per heavy atom. The van der Waals surface area contributed by atoms with E-state index in [2.05, 4.69) is 11.6 Å². The smallest absolute Gasteiger partial charge is 0.279 e. The van der Waals surface area contributed by atoms with E-state index in [-0.39, 0.29) is 6.10 Å². The van der Waals surface area contributed by atoms with Crippen LogP contribution in [0.4, 0.5) is 0 Å². The quantitative estimate of drug-likeness (QED) is 0.837. The molecule has 6 heteroatoms. The molecule has 0 unspecified atom stereocenters. The second kappa shape index (κ2) is 7.89. The Hall–Kier alpha value is -0.950. The summed E-state index contributed by atoms with van der Waals surface area (Å²) < 4.78 is 34.5. The lowest BCUT2D eigenvalue weighted by molar-refractivity contribution is 0.0191. The highest BCUT2D eigenvalue weighted by molar-refractivity contribution is 7.87. The highest BCUT2D eigenvalue weighted by Gasteiger charge is 2.28. The summed E-state index contributed by atoms with van der Waals surface area (Å²) >= 11 is 0. The van der Waals surface area contributed by atoms with Crippen LogP contribution < -0.4 is 4.72 Å². The molecular formula is C15H24N2O3S. The van der Waals surface area contributed by atoms with Crippen molar-refractivity contribution < 1.29 is 13.2 Å². The molecule has 1 aromatic carbocycles. The summed E-state index contributed by atoms with van der Waals surface area (Å²) in [6, 6.07) is 9.54. The Labute approximate surface area is 127 Å². The van der Waals surface area contributed by atoms with Gasteiger partial charge in [0.1, 0.15) is 0 Å². The first-order valence-corrected chi connectivity index (χ1v) is 8.96. The minimum atomic E-state index is -3.44. The number of hydrogen-bond acceptors (Lipinski definition) is 3. The molecule has 118 valence electrons. The van der Waals surface area contributed by atoms with E-state index in [0.29, 0.717) is 26.2 Å². The van der Waals surface area contributed by atoms with Gasteiger partial charge in [-0.2, -0.15) is 17.4 Å². The van der Waals surface area contributed by atoms with Crippen molar-refractivity contribution in [3.63, 3.8) is 0 Å². The van der Waals surface area contributed by atoms with Gasteiger partial charge in [-0.1, -0.05) is 37.3 Å². The molecule has 1 aliphatic rings. The minimum absolute atomic E-state index is 0.0204. The van der Waals surface area contributed by atoms with Crippen molar-refractivity contribution in [2.45, 2.75) is 38.8 Å². The molecule has 0 aromatic heterocycles. The molecule has 0 saturated carbocycles. The van der Waals surface area contributed by atoms with Crippen LogP contribution in [0.25, 0.3) is 0 Å². The standard InChI is InChI=1S/C15H24N2O3S/c1-2-11-20-15-9-6-10-17(13-15)21(18,19)16-12-14-7-4-3-5-8-14/h3-5,7-8,15-16H,2,6,9-13H2,1H3/t15-/m1/s1. The fourth-order valence-corrected chi connectivity index (χ4v) is 3.67. The molecular weight excluding hydrogens is 288 g/mol. The van der Waals surface area contributed by atoms with Gasteiger partial charge in [-0.3, -0.25) is 0 Å². The monoisotopic (exact) mass is 312 g/mol. The zero-order valence-corrected chi connectivity index (χ0v) is 13.3. The average molecular weight is 312 g/mol. The molecule has 2 rings (SSSR count). The van der Waals surface area contributed by atoms with E-state index in [1.807, 2.05) is 30.3 Å². The Kier molecular flexibility index (Phi) is 6.17. The normalized spacial score (nSPS) is 20.5. The van der Waals surface area contributed by atoms with Gasteiger partial charge in [0.15, 0.2) is 0 Å². The predicted molar refractivity (Wildman–Crippen MR) is 83.0 cm³/mol. The van der Waals surface area contributed by atoms with Gasteiger partial charge in [0, 0.05) is 26.2 Å². The largest absolute Gasteiger partial charge is 0.377 e. The fourth-order valence-electron chi connectivity index (χ4n) is 2.41. The van der Waals surface area contributed by atoms with E-state index >= 15 is 0 Å². The Morgan fingerprint density at radius 1 is 1.33 bits per heavy atom. The van der Waals surface area contributed by atoms with E-state index in [4.69, 9.17) is 4.74 Å². The third kappa shape index (κ3) is 5.07. The minimum Gasteiger partial charge on any atom is -0.377 e. The number of benzene rings is 1. The Balaban J connectivity index is 1.89. The number of hydrogen-bond donors (Lipinski definition) is 1. The molecule has 1 aromatic rings. The Morgan fingerprint density at radius 2 is 2.10 bits per heavy atom. The molecule has 1 fully saturated rings. The van der Waals surface area contributed by atoms with Crippen LogP contribution in [0.2, 0.25) is 0 Å². The number of piperidine rings is 1. The number of nitrogens with one attached hydrogen (secondary N) is 1. The van der Waals surface area contributed by atoms with Crippen molar-refractivity contribution >= 4 is 10.2 Å². The summed E-state index contributed by atoms with van der Waals surface area (Å²) in [5, 5.41) is 0. The van der Waals surface area contributed by atoms with Gasteiger partial charge in [-0.05, 0) is 24.8 Å². The summed E-state index contributed by atoms with van der Waals surface area (Å²) in [4.78, 5) is 0. The SMILES string of the molecule is CCCO[C@@H]1CCCN(S(=O)(=O)NCc2ccccc2)C1. The molecule has 0 radical (unpaired) electrons. The molecule has 0 spiro atoms. The van der Waals surface area contributed by atoms with Crippen molar-refractivity contribution in [1.29, 1.82) is 0 Å². The second-order valence-corrected chi connectivity index (χ2v) is 7.06. The van der Waals surface area contributed by atoms with Crippen LogP contribution in [0.1, 0.15) is 31.7 Å². The first kappa shape index (κ1) is 16.4. The van der Waals surface area contributed by atoms with Crippen LogP contribution in [0.15, 0.2) is 30.3 Å². The topological polar surface area (TPSA) is 58.6 Å². The van der Waals surface area contributed by atoms with Crippen molar-refractivity contribution in [2.75, 3.05) is 19.7 Å². The predicted octanol–water partition coefficient (Wildman–Crippen LogP) is 1.91. The van der Waals surface area contributed by atoms with Gasteiger partial charge in [0.2, 0.25) is 0 Å². The highest BCUT2D eigenvalue weighted by atomic mass is 32.2. The van der Waals surface area contributed by atoms with Gasteiger partial charge < -0.3 is 4.74 Å². The van der Waals surface area contributed by atoms with Crippen LogP contribution in [-0.4, -0.2) is 38.5 Å². The van der Waals surface area contributed by atoms with Crippen LogP contribution in [0.3, 0.4) is 0 Å². The van der Waals surface area contributed by atoms with Gasteiger partial charge in [0.25, 0.3) is 10.2 Å². The molecule has 0 bridgehead atoms. The van der Waals surface area contributed by atoms with E-state index < -0.39 is 10.2 Å². The third-order valence-electron chi connectivity index (χ3n) is 3.54. The number of rotatable bonds is 7. The molecule has 1 aliphatic heterocycles. The van der Waals surface area contributed by atoms with E-state index in [0.717, 1.165) is 24.8 Å². The number of ether oxygens (including phenoxy) is 1. The van der Waals surface area contributed by atoms with Crippen LogP contribution >= 0.6 is 0 Å². The molecule has 1 atom stereocenters. The third-order valence-corrected chi connectivity index (χ3v) is 5.06. The van der Waals surface area contributed by atoms with Gasteiger partial charge in [-0.15, -0.1) is 0 Å². The maximum absolute atomic E-state index is 12.3. The van der Waals surface area contributed by atoms with E-state index in [1.54, 1.807) is 0 Å². The lowest BCUT2D eigenvalue weighted by Gasteiger charge is -2.31.